The maximum atomic E-state index is 9.10. The van der Waals surface area contributed by atoms with Crippen LogP contribution in [0.3, 0.4) is 0 Å². The third kappa shape index (κ3) is 5.63. The van der Waals surface area contributed by atoms with Crippen molar-refractivity contribution in [1.29, 1.82) is 0 Å². The molecule has 0 saturated carbocycles. The quantitative estimate of drug-likeness (QED) is 0.591. The molecule has 10 heavy (non-hydrogen) atoms. The van der Waals surface area contributed by atoms with Gasteiger partial charge in [0.15, 0.2) is 0 Å². The van der Waals surface area contributed by atoms with E-state index in [1.165, 1.54) is 0 Å². The van der Waals surface area contributed by atoms with Crippen molar-refractivity contribution < 1.29 is 5.11 Å². The van der Waals surface area contributed by atoms with E-state index in [1.54, 1.807) is 0 Å². The van der Waals surface area contributed by atoms with Crippen molar-refractivity contribution >= 4 is 0 Å². The van der Waals surface area contributed by atoms with Crippen molar-refractivity contribution in [2.75, 3.05) is 0 Å². The van der Waals surface area contributed by atoms with E-state index < -0.39 is 0 Å². The van der Waals surface area contributed by atoms with Gasteiger partial charge in [0.05, 0.1) is 5.76 Å². The van der Waals surface area contributed by atoms with E-state index in [2.05, 4.69) is 0 Å². The standard InChI is InChI=1S/C8H17NO/c1-3-4-8(10)6-5-7(2)9/h4,7,10H,3,5-6,9H2,1-2H3/b8-4+. The second kappa shape index (κ2) is 5.30. The maximum absolute atomic E-state index is 9.10. The number of allylic oxidation sites excluding steroid dienone is 2. The molecule has 0 aromatic heterocycles. The zero-order valence-electron chi connectivity index (χ0n) is 6.80. The third-order valence-corrected chi connectivity index (χ3v) is 1.30. The summed E-state index contributed by atoms with van der Waals surface area (Å²) in [5, 5.41) is 9.10. The highest BCUT2D eigenvalue weighted by Gasteiger charge is 1.95. The van der Waals surface area contributed by atoms with Crippen molar-refractivity contribution in [2.45, 2.75) is 39.2 Å². The molecular formula is C8H17NO. The summed E-state index contributed by atoms with van der Waals surface area (Å²) in [7, 11) is 0. The number of rotatable bonds is 4. The third-order valence-electron chi connectivity index (χ3n) is 1.30. The average Bonchev–Trinajstić information content (AvgIpc) is 1.85. The zero-order chi connectivity index (χ0) is 7.98. The molecule has 2 heteroatoms. The second-order valence-electron chi connectivity index (χ2n) is 2.62. The molecule has 0 aromatic rings. The molecule has 1 atom stereocenters. The van der Waals surface area contributed by atoms with Gasteiger partial charge in [-0.05, 0) is 25.8 Å². The van der Waals surface area contributed by atoms with Crippen molar-refractivity contribution in [3.05, 3.63) is 11.8 Å². The number of nitrogens with two attached hydrogens (primary N) is 1. The Hall–Kier alpha value is -0.500. The van der Waals surface area contributed by atoms with Gasteiger partial charge in [0, 0.05) is 12.5 Å². The molecule has 0 aliphatic heterocycles. The molecule has 0 spiro atoms. The molecule has 0 heterocycles. The van der Waals surface area contributed by atoms with Crippen LogP contribution in [0.2, 0.25) is 0 Å². The van der Waals surface area contributed by atoms with E-state index in [0.717, 1.165) is 12.8 Å². The van der Waals surface area contributed by atoms with Gasteiger partial charge in [-0.3, -0.25) is 0 Å². The lowest BCUT2D eigenvalue weighted by molar-refractivity contribution is 0.376. The van der Waals surface area contributed by atoms with Crippen molar-refractivity contribution in [1.82, 2.24) is 0 Å². The van der Waals surface area contributed by atoms with Crippen molar-refractivity contribution in [2.24, 2.45) is 5.73 Å². The lowest BCUT2D eigenvalue weighted by atomic mass is 10.1. The molecule has 0 radical (unpaired) electrons. The molecule has 1 unspecified atom stereocenters. The molecule has 0 aliphatic rings. The maximum Gasteiger partial charge on any atom is 0.0883 e. The van der Waals surface area contributed by atoms with Crippen LogP contribution in [0.1, 0.15) is 33.1 Å². The van der Waals surface area contributed by atoms with Gasteiger partial charge in [-0.2, -0.15) is 0 Å². The summed E-state index contributed by atoms with van der Waals surface area (Å²) < 4.78 is 0. The Morgan fingerprint density at radius 1 is 1.70 bits per heavy atom. The van der Waals surface area contributed by atoms with Crippen LogP contribution in [0.4, 0.5) is 0 Å². The van der Waals surface area contributed by atoms with Gasteiger partial charge in [-0.15, -0.1) is 0 Å². The number of aliphatic hydroxyl groups is 1. The molecule has 60 valence electrons. The fourth-order valence-electron chi connectivity index (χ4n) is 0.713. The fraction of sp³-hybridized carbons (Fsp3) is 0.750. The SMILES string of the molecule is CC/C=C(/O)CCC(C)N. The summed E-state index contributed by atoms with van der Waals surface area (Å²) in [6, 6.07) is 0.187. The molecule has 0 amide bonds. The minimum atomic E-state index is 0.187. The highest BCUT2D eigenvalue weighted by Crippen LogP contribution is 2.03. The largest absolute Gasteiger partial charge is 0.513 e. The molecule has 0 saturated heterocycles. The molecular weight excluding hydrogens is 126 g/mol. The van der Waals surface area contributed by atoms with Crippen LogP contribution < -0.4 is 5.73 Å². The first-order chi connectivity index (χ1) is 4.66. The molecule has 0 bridgehead atoms. The van der Waals surface area contributed by atoms with Crippen LogP contribution in [-0.2, 0) is 0 Å². The van der Waals surface area contributed by atoms with Gasteiger partial charge in [-0.25, -0.2) is 0 Å². The lowest BCUT2D eigenvalue weighted by Gasteiger charge is -2.02. The van der Waals surface area contributed by atoms with E-state index in [9.17, 15) is 0 Å². The fourth-order valence-corrected chi connectivity index (χ4v) is 0.713. The molecule has 0 fully saturated rings. The van der Waals surface area contributed by atoms with Crippen LogP contribution in [0.5, 0.6) is 0 Å². The summed E-state index contributed by atoms with van der Waals surface area (Å²) in [5.41, 5.74) is 5.50. The van der Waals surface area contributed by atoms with Gasteiger partial charge in [0.1, 0.15) is 0 Å². The summed E-state index contributed by atoms with van der Waals surface area (Å²) in [6.45, 7) is 3.95. The molecule has 2 nitrogen and oxygen atoms in total. The minimum Gasteiger partial charge on any atom is -0.513 e. The number of hydrogen-bond acceptors (Lipinski definition) is 2. The second-order valence-corrected chi connectivity index (χ2v) is 2.62. The first-order valence-corrected chi connectivity index (χ1v) is 3.80. The van der Waals surface area contributed by atoms with E-state index >= 15 is 0 Å². The van der Waals surface area contributed by atoms with Gasteiger partial charge in [0.25, 0.3) is 0 Å². The van der Waals surface area contributed by atoms with Crippen molar-refractivity contribution in [3.63, 3.8) is 0 Å². The molecule has 0 aliphatic carbocycles. The predicted octanol–water partition coefficient (Wildman–Crippen LogP) is 1.97. The first kappa shape index (κ1) is 9.50. The lowest BCUT2D eigenvalue weighted by Crippen LogP contribution is -2.14. The van der Waals surface area contributed by atoms with Gasteiger partial charge >= 0.3 is 0 Å². The van der Waals surface area contributed by atoms with Crippen LogP contribution in [0, 0.1) is 0 Å². The zero-order valence-corrected chi connectivity index (χ0v) is 6.80. The smallest absolute Gasteiger partial charge is 0.0883 e. The van der Waals surface area contributed by atoms with Gasteiger partial charge in [0.2, 0.25) is 0 Å². The normalized spacial score (nSPS) is 15.3. The average molecular weight is 143 g/mol. The van der Waals surface area contributed by atoms with E-state index in [1.807, 2.05) is 19.9 Å². The van der Waals surface area contributed by atoms with E-state index in [-0.39, 0.29) is 6.04 Å². The highest BCUT2D eigenvalue weighted by atomic mass is 16.3. The molecule has 3 N–H and O–H groups in total. The summed E-state index contributed by atoms with van der Waals surface area (Å²) in [4.78, 5) is 0. The summed E-state index contributed by atoms with van der Waals surface area (Å²) >= 11 is 0. The Morgan fingerprint density at radius 2 is 2.30 bits per heavy atom. The molecule has 0 aromatic carbocycles. The van der Waals surface area contributed by atoms with Crippen LogP contribution in [0.15, 0.2) is 11.8 Å². The van der Waals surface area contributed by atoms with Gasteiger partial charge < -0.3 is 10.8 Å². The van der Waals surface area contributed by atoms with E-state index in [0.29, 0.717) is 12.2 Å². The van der Waals surface area contributed by atoms with Gasteiger partial charge in [-0.1, -0.05) is 6.92 Å². The Labute approximate surface area is 62.7 Å². The topological polar surface area (TPSA) is 46.2 Å². The number of hydrogen-bond donors (Lipinski definition) is 2. The number of aliphatic hydroxyl groups excluding tert-OH is 1. The van der Waals surface area contributed by atoms with Crippen LogP contribution in [0.25, 0.3) is 0 Å². The highest BCUT2D eigenvalue weighted by molar-refractivity contribution is 4.90. The molecule has 0 rings (SSSR count). The van der Waals surface area contributed by atoms with E-state index in [4.69, 9.17) is 10.8 Å². The first-order valence-electron chi connectivity index (χ1n) is 3.80. The Morgan fingerprint density at radius 3 is 2.70 bits per heavy atom. The Bertz CT molecular complexity index is 108. The van der Waals surface area contributed by atoms with Crippen molar-refractivity contribution in [3.8, 4) is 0 Å². The monoisotopic (exact) mass is 143 g/mol. The predicted molar refractivity (Wildman–Crippen MR) is 43.9 cm³/mol. The summed E-state index contributed by atoms with van der Waals surface area (Å²) in [5.74, 6) is 0.472. The minimum absolute atomic E-state index is 0.187. The summed E-state index contributed by atoms with van der Waals surface area (Å²) in [6.07, 6.45) is 4.29. The van der Waals surface area contributed by atoms with Crippen LogP contribution >= 0.6 is 0 Å². The Kier molecular flexibility index (Phi) is 5.03. The van der Waals surface area contributed by atoms with Crippen LogP contribution in [-0.4, -0.2) is 11.1 Å². The Balaban J connectivity index is 3.39.